The van der Waals surface area contributed by atoms with Crippen LogP contribution in [0, 0.1) is 0 Å². The van der Waals surface area contributed by atoms with Gasteiger partial charge in [-0.05, 0) is 19.3 Å². The summed E-state index contributed by atoms with van der Waals surface area (Å²) in [7, 11) is 0. The second kappa shape index (κ2) is 6.13. The van der Waals surface area contributed by atoms with E-state index >= 15 is 0 Å². The first-order valence-electron chi connectivity index (χ1n) is 3.98. The number of rotatable bonds is 6. The Morgan fingerprint density at radius 2 is 2.36 bits per heavy atom. The zero-order chi connectivity index (χ0) is 8.69. The molecule has 0 saturated heterocycles. The first-order valence-corrected chi connectivity index (χ1v) is 3.98. The molecule has 0 aromatic rings. The lowest BCUT2D eigenvalue weighted by Crippen LogP contribution is -2.34. The van der Waals surface area contributed by atoms with Crippen LogP contribution in [0.1, 0.15) is 26.2 Å². The first-order chi connectivity index (χ1) is 5.24. The molecule has 2 heteroatoms. The molecule has 3 N–H and O–H groups in total. The molecule has 0 fully saturated rings. The normalized spacial score (nSPS) is 12.5. The summed E-state index contributed by atoms with van der Waals surface area (Å²) in [5.74, 6) is 5.32. The molecule has 0 aliphatic heterocycles. The second-order valence-corrected chi connectivity index (χ2v) is 2.70. The van der Waals surface area contributed by atoms with Gasteiger partial charge in [0.2, 0.25) is 0 Å². The number of nitrogens with two attached hydrogens (primary N) is 1. The van der Waals surface area contributed by atoms with Gasteiger partial charge in [0.1, 0.15) is 0 Å². The molecule has 0 aromatic carbocycles. The van der Waals surface area contributed by atoms with Gasteiger partial charge in [-0.15, -0.1) is 6.58 Å². The Hall–Kier alpha value is -0.600. The van der Waals surface area contributed by atoms with Crippen molar-refractivity contribution in [2.45, 2.75) is 32.2 Å². The smallest absolute Gasteiger partial charge is 0.0281 e. The van der Waals surface area contributed by atoms with E-state index in [-0.39, 0.29) is 0 Å². The van der Waals surface area contributed by atoms with Gasteiger partial charge in [-0.2, -0.15) is 0 Å². The minimum atomic E-state index is 0.306. The standard InChI is InChI=1S/C9H18N2/c1-4-6-9(11-10)7-8(3)5-2/h4,9,11H,1,3,5-7,10H2,2H3. The van der Waals surface area contributed by atoms with Crippen molar-refractivity contribution in [2.24, 2.45) is 5.84 Å². The van der Waals surface area contributed by atoms with E-state index < -0.39 is 0 Å². The van der Waals surface area contributed by atoms with Crippen LogP contribution >= 0.6 is 0 Å². The maximum absolute atomic E-state index is 5.32. The molecule has 0 heterocycles. The minimum Gasteiger partial charge on any atom is -0.271 e. The lowest BCUT2D eigenvalue weighted by Gasteiger charge is -2.13. The van der Waals surface area contributed by atoms with Crippen LogP contribution in [0.25, 0.3) is 0 Å². The summed E-state index contributed by atoms with van der Waals surface area (Å²) in [6, 6.07) is 0.306. The average molecular weight is 154 g/mol. The van der Waals surface area contributed by atoms with Crippen LogP contribution in [0.3, 0.4) is 0 Å². The minimum absolute atomic E-state index is 0.306. The predicted molar refractivity (Wildman–Crippen MR) is 50.0 cm³/mol. The monoisotopic (exact) mass is 154 g/mol. The second-order valence-electron chi connectivity index (χ2n) is 2.70. The summed E-state index contributed by atoms with van der Waals surface area (Å²) in [5.41, 5.74) is 3.97. The van der Waals surface area contributed by atoms with Crippen LogP contribution in [0.5, 0.6) is 0 Å². The summed E-state index contributed by atoms with van der Waals surface area (Å²) in [6.07, 6.45) is 4.73. The molecular formula is C9H18N2. The van der Waals surface area contributed by atoms with E-state index in [2.05, 4.69) is 25.5 Å². The summed E-state index contributed by atoms with van der Waals surface area (Å²) >= 11 is 0. The Bertz CT molecular complexity index is 130. The maximum Gasteiger partial charge on any atom is 0.0281 e. The number of hydrogen-bond donors (Lipinski definition) is 2. The van der Waals surface area contributed by atoms with Gasteiger partial charge in [0.15, 0.2) is 0 Å². The van der Waals surface area contributed by atoms with Gasteiger partial charge >= 0.3 is 0 Å². The van der Waals surface area contributed by atoms with Crippen molar-refractivity contribution >= 4 is 0 Å². The molecule has 1 atom stereocenters. The molecular weight excluding hydrogens is 136 g/mol. The summed E-state index contributed by atoms with van der Waals surface area (Å²) < 4.78 is 0. The van der Waals surface area contributed by atoms with E-state index in [9.17, 15) is 0 Å². The van der Waals surface area contributed by atoms with Crippen LogP contribution in [0.15, 0.2) is 24.8 Å². The van der Waals surface area contributed by atoms with Crippen molar-refractivity contribution in [3.05, 3.63) is 24.8 Å². The number of hydrogen-bond acceptors (Lipinski definition) is 2. The van der Waals surface area contributed by atoms with Gasteiger partial charge in [0.05, 0.1) is 0 Å². The van der Waals surface area contributed by atoms with Gasteiger partial charge < -0.3 is 0 Å². The third-order valence-electron chi connectivity index (χ3n) is 1.72. The molecule has 0 rings (SSSR count). The van der Waals surface area contributed by atoms with Gasteiger partial charge in [0, 0.05) is 6.04 Å². The molecule has 0 saturated carbocycles. The Kier molecular flexibility index (Phi) is 5.80. The Morgan fingerprint density at radius 1 is 1.73 bits per heavy atom. The van der Waals surface area contributed by atoms with Crippen LogP contribution in [0.2, 0.25) is 0 Å². The molecule has 0 aliphatic rings. The van der Waals surface area contributed by atoms with E-state index in [1.165, 1.54) is 5.57 Å². The molecule has 11 heavy (non-hydrogen) atoms. The summed E-state index contributed by atoms with van der Waals surface area (Å²) in [4.78, 5) is 0. The molecule has 64 valence electrons. The van der Waals surface area contributed by atoms with E-state index in [1.807, 2.05) is 6.08 Å². The van der Waals surface area contributed by atoms with Crippen molar-refractivity contribution in [2.75, 3.05) is 0 Å². The third kappa shape index (κ3) is 4.76. The SMILES string of the molecule is C=CCC(CC(=C)CC)NN. The van der Waals surface area contributed by atoms with Crippen LogP contribution < -0.4 is 11.3 Å². The summed E-state index contributed by atoms with van der Waals surface area (Å²) in [6.45, 7) is 9.67. The predicted octanol–water partition coefficient (Wildman–Crippen LogP) is 1.75. The Balaban J connectivity index is 3.67. The van der Waals surface area contributed by atoms with E-state index in [0.29, 0.717) is 6.04 Å². The molecule has 0 radical (unpaired) electrons. The fourth-order valence-electron chi connectivity index (χ4n) is 0.904. The molecule has 0 amide bonds. The topological polar surface area (TPSA) is 38.0 Å². The highest BCUT2D eigenvalue weighted by Gasteiger charge is 2.04. The van der Waals surface area contributed by atoms with Crippen molar-refractivity contribution in [3.8, 4) is 0 Å². The van der Waals surface area contributed by atoms with Gasteiger partial charge in [-0.3, -0.25) is 11.3 Å². The highest BCUT2D eigenvalue weighted by Crippen LogP contribution is 2.08. The van der Waals surface area contributed by atoms with Crippen molar-refractivity contribution < 1.29 is 0 Å². The van der Waals surface area contributed by atoms with E-state index in [4.69, 9.17) is 5.84 Å². The maximum atomic E-state index is 5.32. The van der Waals surface area contributed by atoms with Gasteiger partial charge in [-0.25, -0.2) is 0 Å². The fourth-order valence-corrected chi connectivity index (χ4v) is 0.904. The van der Waals surface area contributed by atoms with E-state index in [0.717, 1.165) is 19.3 Å². The van der Waals surface area contributed by atoms with Gasteiger partial charge in [-0.1, -0.05) is 25.2 Å². The Labute approximate surface area is 69.1 Å². The molecule has 0 bridgehead atoms. The quantitative estimate of drug-likeness (QED) is 0.347. The Morgan fingerprint density at radius 3 is 2.73 bits per heavy atom. The van der Waals surface area contributed by atoms with Crippen molar-refractivity contribution in [1.29, 1.82) is 0 Å². The van der Waals surface area contributed by atoms with Gasteiger partial charge in [0.25, 0.3) is 0 Å². The molecule has 0 aromatic heterocycles. The molecule has 1 unspecified atom stereocenters. The highest BCUT2D eigenvalue weighted by atomic mass is 15.2. The highest BCUT2D eigenvalue weighted by molar-refractivity contribution is 4.97. The molecule has 0 aliphatic carbocycles. The van der Waals surface area contributed by atoms with Crippen LogP contribution in [0.4, 0.5) is 0 Å². The average Bonchev–Trinajstić information content (AvgIpc) is 2.03. The number of hydrazine groups is 1. The lowest BCUT2D eigenvalue weighted by molar-refractivity contribution is 0.525. The zero-order valence-electron chi connectivity index (χ0n) is 7.27. The van der Waals surface area contributed by atoms with E-state index in [1.54, 1.807) is 0 Å². The van der Waals surface area contributed by atoms with Crippen molar-refractivity contribution in [3.63, 3.8) is 0 Å². The third-order valence-corrected chi connectivity index (χ3v) is 1.72. The number of nitrogens with one attached hydrogen (secondary N) is 1. The fraction of sp³-hybridized carbons (Fsp3) is 0.556. The zero-order valence-corrected chi connectivity index (χ0v) is 7.27. The van der Waals surface area contributed by atoms with Crippen molar-refractivity contribution in [1.82, 2.24) is 5.43 Å². The summed E-state index contributed by atoms with van der Waals surface area (Å²) in [5, 5.41) is 0. The molecule has 0 spiro atoms. The van der Waals surface area contributed by atoms with Crippen LogP contribution in [-0.2, 0) is 0 Å². The molecule has 2 nitrogen and oxygen atoms in total. The largest absolute Gasteiger partial charge is 0.271 e. The van der Waals surface area contributed by atoms with Crippen LogP contribution in [-0.4, -0.2) is 6.04 Å². The first kappa shape index (κ1) is 10.4. The lowest BCUT2D eigenvalue weighted by atomic mass is 10.0.